The van der Waals surface area contributed by atoms with Crippen molar-refractivity contribution in [3.8, 4) is 0 Å². The van der Waals surface area contributed by atoms with Crippen molar-refractivity contribution in [3.05, 3.63) is 28.8 Å². The second kappa shape index (κ2) is 7.89. The van der Waals surface area contributed by atoms with Crippen molar-refractivity contribution in [2.75, 3.05) is 32.7 Å². The lowest BCUT2D eigenvalue weighted by Gasteiger charge is -2.37. The molecule has 1 unspecified atom stereocenters. The molecule has 0 saturated carbocycles. The van der Waals surface area contributed by atoms with Crippen LogP contribution in [0, 0.1) is 26.7 Å². The van der Waals surface area contributed by atoms with Crippen LogP contribution in [-0.2, 0) is 14.8 Å². The maximum absolute atomic E-state index is 13.2. The molecular formula is C20H31N3O3S. The minimum absolute atomic E-state index is 0.0676. The monoisotopic (exact) mass is 393 g/mol. The molecule has 2 saturated heterocycles. The number of benzene rings is 1. The van der Waals surface area contributed by atoms with Crippen LogP contribution in [0.5, 0.6) is 0 Å². The molecule has 1 atom stereocenters. The van der Waals surface area contributed by atoms with Gasteiger partial charge in [0.15, 0.2) is 0 Å². The topological polar surface area (TPSA) is 69.7 Å². The third-order valence-electron chi connectivity index (χ3n) is 5.69. The molecule has 0 bridgehead atoms. The van der Waals surface area contributed by atoms with Gasteiger partial charge in [-0.25, -0.2) is 8.42 Å². The van der Waals surface area contributed by atoms with Gasteiger partial charge in [-0.3, -0.25) is 4.79 Å². The number of sulfonamides is 1. The van der Waals surface area contributed by atoms with Crippen LogP contribution in [0.3, 0.4) is 0 Å². The number of rotatable bonds is 3. The summed E-state index contributed by atoms with van der Waals surface area (Å²) < 4.78 is 27.9. The van der Waals surface area contributed by atoms with Crippen LogP contribution in [0.1, 0.15) is 36.5 Å². The number of piperazine rings is 1. The Morgan fingerprint density at radius 1 is 1.07 bits per heavy atom. The Morgan fingerprint density at radius 2 is 1.67 bits per heavy atom. The first-order valence-electron chi connectivity index (χ1n) is 9.80. The molecule has 0 spiro atoms. The van der Waals surface area contributed by atoms with Gasteiger partial charge in [0.2, 0.25) is 15.9 Å². The number of hydrogen-bond acceptors (Lipinski definition) is 4. The predicted octanol–water partition coefficient (Wildman–Crippen LogP) is 1.83. The highest BCUT2D eigenvalue weighted by Crippen LogP contribution is 2.29. The Bertz CT molecular complexity index is 791. The number of piperidine rings is 1. The molecule has 0 aliphatic carbocycles. The average Bonchev–Trinajstić information content (AvgIpc) is 2.60. The Morgan fingerprint density at radius 3 is 2.22 bits per heavy atom. The summed E-state index contributed by atoms with van der Waals surface area (Å²) in [5.41, 5.74) is 2.65. The number of carbonyl (C=O) groups excluding carboxylic acids is 1. The number of carbonyl (C=O) groups is 1. The van der Waals surface area contributed by atoms with E-state index in [2.05, 4.69) is 12.2 Å². The van der Waals surface area contributed by atoms with Crippen molar-refractivity contribution in [3.63, 3.8) is 0 Å². The second-order valence-electron chi connectivity index (χ2n) is 8.05. The van der Waals surface area contributed by atoms with Gasteiger partial charge < -0.3 is 10.2 Å². The quantitative estimate of drug-likeness (QED) is 0.851. The van der Waals surface area contributed by atoms with Gasteiger partial charge in [-0.05, 0) is 51.7 Å². The maximum atomic E-state index is 13.2. The van der Waals surface area contributed by atoms with Gasteiger partial charge in [0.25, 0.3) is 0 Å². The Labute approximate surface area is 163 Å². The standard InChI is InChI=1S/C20H31N3O3S/c1-14-11-15(2)19(16(3)12-14)27(25,26)23-8-5-18(6-9-23)20(24)22-10-7-21-17(4)13-22/h11-12,17-18,21H,5-10,13H2,1-4H3. The van der Waals surface area contributed by atoms with E-state index in [-0.39, 0.29) is 11.8 Å². The van der Waals surface area contributed by atoms with Crippen LogP contribution in [0.4, 0.5) is 0 Å². The molecule has 7 heteroatoms. The molecule has 2 heterocycles. The largest absolute Gasteiger partial charge is 0.340 e. The fourth-order valence-electron chi connectivity index (χ4n) is 4.44. The van der Waals surface area contributed by atoms with Crippen molar-refractivity contribution in [1.29, 1.82) is 0 Å². The van der Waals surface area contributed by atoms with Crippen LogP contribution in [0.15, 0.2) is 17.0 Å². The molecule has 0 radical (unpaired) electrons. The van der Waals surface area contributed by atoms with E-state index < -0.39 is 10.0 Å². The highest BCUT2D eigenvalue weighted by Gasteiger charge is 2.35. The third kappa shape index (κ3) is 4.20. The highest BCUT2D eigenvalue weighted by molar-refractivity contribution is 7.89. The van der Waals surface area contributed by atoms with E-state index in [4.69, 9.17) is 0 Å². The van der Waals surface area contributed by atoms with Crippen molar-refractivity contribution in [1.82, 2.24) is 14.5 Å². The summed E-state index contributed by atoms with van der Waals surface area (Å²) in [7, 11) is -3.52. The lowest BCUT2D eigenvalue weighted by molar-refractivity contribution is -0.137. The number of amides is 1. The average molecular weight is 394 g/mol. The van der Waals surface area contributed by atoms with Crippen LogP contribution in [-0.4, -0.2) is 62.3 Å². The molecule has 2 fully saturated rings. The summed E-state index contributed by atoms with van der Waals surface area (Å²) in [5.74, 6) is 0.116. The van der Waals surface area contributed by atoms with Gasteiger partial charge in [-0.1, -0.05) is 17.7 Å². The van der Waals surface area contributed by atoms with E-state index in [0.29, 0.717) is 36.9 Å². The molecule has 1 aromatic rings. The summed E-state index contributed by atoms with van der Waals surface area (Å²) in [6, 6.07) is 4.15. The minimum atomic E-state index is -3.52. The Balaban J connectivity index is 1.69. The summed E-state index contributed by atoms with van der Waals surface area (Å²) in [6.07, 6.45) is 1.20. The molecule has 150 valence electrons. The lowest BCUT2D eigenvalue weighted by atomic mass is 9.96. The molecular weight excluding hydrogens is 362 g/mol. The lowest BCUT2D eigenvalue weighted by Crippen LogP contribution is -2.54. The first-order chi connectivity index (χ1) is 12.7. The minimum Gasteiger partial charge on any atom is -0.340 e. The van der Waals surface area contributed by atoms with Crippen LogP contribution in [0.25, 0.3) is 0 Å². The van der Waals surface area contributed by atoms with Gasteiger partial charge in [0.05, 0.1) is 4.90 Å². The van der Waals surface area contributed by atoms with Crippen molar-refractivity contribution in [2.45, 2.75) is 51.5 Å². The van der Waals surface area contributed by atoms with Gasteiger partial charge >= 0.3 is 0 Å². The summed E-state index contributed by atoms with van der Waals surface area (Å²) in [4.78, 5) is 15.2. The molecule has 2 aliphatic rings. The van der Waals surface area contributed by atoms with E-state index in [0.717, 1.165) is 36.3 Å². The molecule has 3 rings (SSSR count). The molecule has 27 heavy (non-hydrogen) atoms. The van der Waals surface area contributed by atoms with E-state index in [1.807, 2.05) is 37.8 Å². The first-order valence-corrected chi connectivity index (χ1v) is 11.2. The molecule has 6 nitrogen and oxygen atoms in total. The zero-order valence-corrected chi connectivity index (χ0v) is 17.6. The zero-order chi connectivity index (χ0) is 19.8. The van der Waals surface area contributed by atoms with Crippen molar-refractivity contribution >= 4 is 15.9 Å². The van der Waals surface area contributed by atoms with E-state index in [1.54, 1.807) is 4.31 Å². The number of nitrogens with zero attached hydrogens (tertiary/aromatic N) is 2. The summed E-state index contributed by atoms with van der Waals surface area (Å²) in [6.45, 7) is 10.9. The predicted molar refractivity (Wildman–Crippen MR) is 106 cm³/mol. The maximum Gasteiger partial charge on any atom is 0.243 e. The zero-order valence-electron chi connectivity index (χ0n) is 16.8. The van der Waals surface area contributed by atoms with Crippen LogP contribution >= 0.6 is 0 Å². The number of aryl methyl sites for hydroxylation is 3. The fraction of sp³-hybridized carbons (Fsp3) is 0.650. The summed E-state index contributed by atoms with van der Waals surface area (Å²) >= 11 is 0. The van der Waals surface area contributed by atoms with Crippen LogP contribution in [0.2, 0.25) is 0 Å². The van der Waals surface area contributed by atoms with Crippen molar-refractivity contribution in [2.24, 2.45) is 5.92 Å². The summed E-state index contributed by atoms with van der Waals surface area (Å²) in [5, 5.41) is 3.35. The SMILES string of the molecule is Cc1cc(C)c(S(=O)(=O)N2CCC(C(=O)N3CCNC(C)C3)CC2)c(C)c1. The van der Waals surface area contributed by atoms with E-state index in [9.17, 15) is 13.2 Å². The molecule has 1 N–H and O–H groups in total. The third-order valence-corrected chi connectivity index (χ3v) is 7.89. The number of nitrogens with one attached hydrogen (secondary N) is 1. The van der Waals surface area contributed by atoms with E-state index >= 15 is 0 Å². The van der Waals surface area contributed by atoms with Gasteiger partial charge in [0, 0.05) is 44.7 Å². The molecule has 0 aromatic heterocycles. The number of hydrogen-bond donors (Lipinski definition) is 1. The molecule has 1 aromatic carbocycles. The van der Waals surface area contributed by atoms with Crippen LogP contribution < -0.4 is 5.32 Å². The van der Waals surface area contributed by atoms with Gasteiger partial charge in [0.1, 0.15) is 0 Å². The molecule has 2 aliphatic heterocycles. The van der Waals surface area contributed by atoms with E-state index in [1.165, 1.54) is 0 Å². The van der Waals surface area contributed by atoms with Gasteiger partial charge in [-0.15, -0.1) is 0 Å². The van der Waals surface area contributed by atoms with Gasteiger partial charge in [-0.2, -0.15) is 4.31 Å². The van der Waals surface area contributed by atoms with Crippen molar-refractivity contribution < 1.29 is 13.2 Å². The normalized spacial score (nSPS) is 22.8. The Kier molecular flexibility index (Phi) is 5.93. The fourth-order valence-corrected chi connectivity index (χ4v) is 6.32. The molecule has 1 amide bonds. The highest BCUT2D eigenvalue weighted by atomic mass is 32.2. The Hall–Kier alpha value is -1.44. The smallest absolute Gasteiger partial charge is 0.243 e. The first kappa shape index (κ1) is 20.3. The second-order valence-corrected chi connectivity index (χ2v) is 9.92.